The molecule has 1 N–H and O–H groups in total. The second-order valence-corrected chi connectivity index (χ2v) is 5.42. The predicted molar refractivity (Wildman–Crippen MR) is 87.4 cm³/mol. The minimum Gasteiger partial charge on any atom is -0.478 e. The van der Waals surface area contributed by atoms with Gasteiger partial charge in [0, 0.05) is 18.3 Å². The van der Waals surface area contributed by atoms with Crippen LogP contribution in [0.25, 0.3) is 0 Å². The Morgan fingerprint density at radius 3 is 2.82 bits per heavy atom. The Balaban J connectivity index is 1.94. The van der Waals surface area contributed by atoms with Crippen molar-refractivity contribution >= 4 is 29.1 Å². The largest absolute Gasteiger partial charge is 0.478 e. The van der Waals surface area contributed by atoms with Gasteiger partial charge in [0.1, 0.15) is 0 Å². The number of benzene rings is 1. The summed E-state index contributed by atoms with van der Waals surface area (Å²) in [7, 11) is 0. The highest BCUT2D eigenvalue weighted by Crippen LogP contribution is 2.22. The van der Waals surface area contributed by atoms with Gasteiger partial charge < -0.3 is 10.1 Å². The van der Waals surface area contributed by atoms with E-state index in [1.54, 1.807) is 24.4 Å². The van der Waals surface area contributed by atoms with Crippen LogP contribution in [0.5, 0.6) is 5.88 Å². The number of carbonyl (C=O) groups excluding carboxylic acids is 1. The van der Waals surface area contributed by atoms with Crippen LogP contribution < -0.4 is 10.1 Å². The number of ether oxygens (including phenoxy) is 1. The molecular weight excluding hydrogens is 323 g/mol. The normalized spacial score (nSPS) is 10.3. The molecule has 0 aliphatic carbocycles. The maximum absolute atomic E-state index is 12.0. The van der Waals surface area contributed by atoms with Crippen LogP contribution in [0.1, 0.15) is 18.1 Å². The van der Waals surface area contributed by atoms with Gasteiger partial charge in [-0.25, -0.2) is 4.98 Å². The number of amides is 1. The van der Waals surface area contributed by atoms with Gasteiger partial charge >= 0.3 is 0 Å². The van der Waals surface area contributed by atoms with Crippen molar-refractivity contribution in [2.24, 2.45) is 0 Å². The van der Waals surface area contributed by atoms with Crippen LogP contribution in [-0.2, 0) is 17.8 Å². The summed E-state index contributed by atoms with van der Waals surface area (Å²) in [4.78, 5) is 16.1. The van der Waals surface area contributed by atoms with Gasteiger partial charge in [-0.05, 0) is 30.7 Å². The van der Waals surface area contributed by atoms with Crippen LogP contribution in [0.3, 0.4) is 0 Å². The van der Waals surface area contributed by atoms with E-state index in [0.29, 0.717) is 29.1 Å². The molecule has 0 aliphatic heterocycles. The van der Waals surface area contributed by atoms with Gasteiger partial charge in [0.05, 0.1) is 23.1 Å². The van der Waals surface area contributed by atoms with Crippen molar-refractivity contribution in [1.29, 1.82) is 0 Å². The third-order valence-corrected chi connectivity index (χ3v) is 3.69. The Morgan fingerprint density at radius 2 is 2.09 bits per heavy atom. The predicted octanol–water partition coefficient (Wildman–Crippen LogP) is 3.65. The SMILES string of the molecule is CCOc1ncccc1CNC(=O)Cc1ccc(Cl)c(Cl)c1. The first-order valence-corrected chi connectivity index (χ1v) is 7.63. The highest BCUT2D eigenvalue weighted by molar-refractivity contribution is 6.42. The number of aromatic nitrogens is 1. The maximum Gasteiger partial charge on any atom is 0.224 e. The average Bonchev–Trinajstić information content (AvgIpc) is 2.50. The van der Waals surface area contributed by atoms with E-state index in [9.17, 15) is 4.79 Å². The van der Waals surface area contributed by atoms with E-state index < -0.39 is 0 Å². The van der Waals surface area contributed by atoms with Crippen molar-refractivity contribution in [2.45, 2.75) is 19.9 Å². The minimum absolute atomic E-state index is 0.107. The molecule has 1 aromatic heterocycles. The van der Waals surface area contributed by atoms with Crippen molar-refractivity contribution in [3.05, 3.63) is 57.7 Å². The summed E-state index contributed by atoms with van der Waals surface area (Å²) in [5.41, 5.74) is 1.65. The zero-order valence-corrected chi connectivity index (χ0v) is 13.6. The van der Waals surface area contributed by atoms with Crippen molar-refractivity contribution in [3.63, 3.8) is 0 Å². The molecule has 0 spiro atoms. The molecular formula is C16H16Cl2N2O2. The molecule has 6 heteroatoms. The van der Waals surface area contributed by atoms with Crippen LogP contribution in [0.2, 0.25) is 10.0 Å². The quantitative estimate of drug-likeness (QED) is 0.874. The Kier molecular flexibility index (Phi) is 6.04. The number of rotatable bonds is 6. The maximum atomic E-state index is 12.0. The van der Waals surface area contributed by atoms with E-state index in [0.717, 1.165) is 11.1 Å². The van der Waals surface area contributed by atoms with Gasteiger partial charge in [-0.3, -0.25) is 4.79 Å². The molecule has 1 aromatic carbocycles. The smallest absolute Gasteiger partial charge is 0.224 e. The monoisotopic (exact) mass is 338 g/mol. The van der Waals surface area contributed by atoms with Crippen molar-refractivity contribution in [1.82, 2.24) is 10.3 Å². The van der Waals surface area contributed by atoms with Crippen molar-refractivity contribution in [3.8, 4) is 5.88 Å². The van der Waals surface area contributed by atoms with Crippen LogP contribution >= 0.6 is 23.2 Å². The minimum atomic E-state index is -0.107. The van der Waals surface area contributed by atoms with Crippen LogP contribution in [0, 0.1) is 0 Å². The zero-order valence-electron chi connectivity index (χ0n) is 12.1. The number of carbonyl (C=O) groups is 1. The summed E-state index contributed by atoms with van der Waals surface area (Å²) in [6, 6.07) is 8.84. The number of hydrogen-bond donors (Lipinski definition) is 1. The van der Waals surface area contributed by atoms with E-state index >= 15 is 0 Å². The standard InChI is InChI=1S/C16H16Cl2N2O2/c1-2-22-16-12(4-3-7-19-16)10-20-15(21)9-11-5-6-13(17)14(18)8-11/h3-8H,2,9-10H2,1H3,(H,20,21). The average molecular weight is 339 g/mol. The highest BCUT2D eigenvalue weighted by atomic mass is 35.5. The molecule has 0 atom stereocenters. The Morgan fingerprint density at radius 1 is 1.27 bits per heavy atom. The first kappa shape index (κ1) is 16.6. The number of nitrogens with one attached hydrogen (secondary N) is 1. The number of hydrogen-bond acceptors (Lipinski definition) is 3. The zero-order chi connectivity index (χ0) is 15.9. The first-order chi connectivity index (χ1) is 10.6. The molecule has 116 valence electrons. The van der Waals surface area contributed by atoms with E-state index in [2.05, 4.69) is 10.3 Å². The summed E-state index contributed by atoms with van der Waals surface area (Å²) >= 11 is 11.8. The topological polar surface area (TPSA) is 51.2 Å². The summed E-state index contributed by atoms with van der Waals surface area (Å²) in [6.45, 7) is 2.78. The van der Waals surface area contributed by atoms with E-state index in [1.807, 2.05) is 19.1 Å². The lowest BCUT2D eigenvalue weighted by atomic mass is 10.1. The first-order valence-electron chi connectivity index (χ1n) is 6.87. The lowest BCUT2D eigenvalue weighted by molar-refractivity contribution is -0.120. The Bertz CT molecular complexity index is 662. The molecule has 2 aromatic rings. The molecule has 0 fully saturated rings. The van der Waals surface area contributed by atoms with Gasteiger partial charge in [0.25, 0.3) is 0 Å². The lowest BCUT2D eigenvalue weighted by Gasteiger charge is -2.10. The molecule has 1 amide bonds. The molecule has 0 unspecified atom stereocenters. The van der Waals surface area contributed by atoms with Gasteiger partial charge in [-0.2, -0.15) is 0 Å². The number of halogens is 2. The summed E-state index contributed by atoms with van der Waals surface area (Å²) in [5.74, 6) is 0.435. The lowest BCUT2D eigenvalue weighted by Crippen LogP contribution is -2.25. The van der Waals surface area contributed by atoms with Gasteiger partial charge in [-0.15, -0.1) is 0 Å². The van der Waals surface area contributed by atoms with Crippen LogP contribution in [0.4, 0.5) is 0 Å². The van der Waals surface area contributed by atoms with Gasteiger partial charge in [-0.1, -0.05) is 35.3 Å². The second kappa shape index (κ2) is 8.01. The molecule has 0 aliphatic rings. The fourth-order valence-electron chi connectivity index (χ4n) is 1.92. The molecule has 22 heavy (non-hydrogen) atoms. The molecule has 4 nitrogen and oxygen atoms in total. The summed E-state index contributed by atoms with van der Waals surface area (Å²) in [5, 5.41) is 3.76. The van der Waals surface area contributed by atoms with E-state index in [4.69, 9.17) is 27.9 Å². The number of nitrogens with zero attached hydrogens (tertiary/aromatic N) is 1. The molecule has 0 radical (unpaired) electrons. The summed E-state index contributed by atoms with van der Waals surface area (Å²) < 4.78 is 5.42. The second-order valence-electron chi connectivity index (χ2n) is 4.60. The third-order valence-electron chi connectivity index (χ3n) is 2.96. The third kappa shape index (κ3) is 4.61. The molecule has 1 heterocycles. The molecule has 2 rings (SSSR count). The number of pyridine rings is 1. The Labute approximate surface area is 139 Å². The van der Waals surface area contributed by atoms with Gasteiger partial charge in [0.2, 0.25) is 11.8 Å². The summed E-state index contributed by atoms with van der Waals surface area (Å²) in [6.07, 6.45) is 1.90. The fourth-order valence-corrected chi connectivity index (χ4v) is 2.24. The van der Waals surface area contributed by atoms with Crippen LogP contribution in [0.15, 0.2) is 36.5 Å². The van der Waals surface area contributed by atoms with Crippen molar-refractivity contribution < 1.29 is 9.53 Å². The van der Waals surface area contributed by atoms with Gasteiger partial charge in [0.15, 0.2) is 0 Å². The van der Waals surface area contributed by atoms with E-state index in [1.165, 1.54) is 0 Å². The molecule has 0 saturated carbocycles. The van der Waals surface area contributed by atoms with Crippen LogP contribution in [-0.4, -0.2) is 17.5 Å². The Hall–Kier alpha value is -1.78. The molecule has 0 saturated heterocycles. The van der Waals surface area contributed by atoms with Crippen molar-refractivity contribution in [2.75, 3.05) is 6.61 Å². The fraction of sp³-hybridized carbons (Fsp3) is 0.250. The highest BCUT2D eigenvalue weighted by Gasteiger charge is 2.08. The molecule has 0 bridgehead atoms. The van der Waals surface area contributed by atoms with E-state index in [-0.39, 0.29) is 12.3 Å².